The minimum absolute atomic E-state index is 0.0518. The molecular formula is C37H45FN4O5. The highest BCUT2D eigenvalue weighted by Crippen LogP contribution is 2.39. The van der Waals surface area contributed by atoms with Crippen LogP contribution in [0.2, 0.25) is 0 Å². The summed E-state index contributed by atoms with van der Waals surface area (Å²) in [7, 11) is 0. The van der Waals surface area contributed by atoms with Crippen molar-refractivity contribution in [2.24, 2.45) is 0 Å². The molecule has 1 saturated heterocycles. The predicted octanol–water partition coefficient (Wildman–Crippen LogP) is 7.78. The molecule has 3 aliphatic heterocycles. The normalized spacial score (nSPS) is 21.3. The number of carboxylic acids is 1. The number of hydrogen-bond donors (Lipinski definition) is 1. The number of aliphatic carboxylic acids is 1. The number of aromatic nitrogens is 3. The zero-order chi connectivity index (χ0) is 33.5. The summed E-state index contributed by atoms with van der Waals surface area (Å²) in [6.07, 6.45) is 2.94. The molecule has 6 bridgehead atoms. The number of piperidine rings is 1. The van der Waals surface area contributed by atoms with Gasteiger partial charge in [-0.15, -0.1) is 0 Å². The SMILES string of the molecule is Cc1nc2cc3nn2c(c1[C@H](OC(C)(C)C)C(=O)O)N1CCC(C)(CC1)OCCCC[C@@H](C)Oc1ccc(F)cc1-c1cccc-3c1. The Kier molecular flexibility index (Phi) is 9.02. The number of nitrogens with zero attached hydrogens (tertiary/aromatic N) is 4. The lowest BCUT2D eigenvalue weighted by Crippen LogP contribution is -2.46. The van der Waals surface area contributed by atoms with E-state index in [-0.39, 0.29) is 17.5 Å². The zero-order valence-electron chi connectivity index (χ0n) is 28.2. The summed E-state index contributed by atoms with van der Waals surface area (Å²) >= 11 is 0. The maximum absolute atomic E-state index is 14.6. The number of anilines is 1. The molecule has 7 rings (SSSR count). The van der Waals surface area contributed by atoms with Gasteiger partial charge in [-0.2, -0.15) is 9.61 Å². The number of ether oxygens (including phenoxy) is 3. The largest absolute Gasteiger partial charge is 0.490 e. The van der Waals surface area contributed by atoms with Crippen LogP contribution in [-0.2, 0) is 14.3 Å². The molecule has 0 unspecified atom stereocenters. The fourth-order valence-corrected chi connectivity index (χ4v) is 6.59. The monoisotopic (exact) mass is 644 g/mol. The second-order valence-electron chi connectivity index (χ2n) is 14.1. The molecule has 3 aliphatic rings. The molecule has 1 N–H and O–H groups in total. The first-order chi connectivity index (χ1) is 22.3. The fraction of sp³-hybridized carbons (Fsp3) is 0.486. The molecule has 1 fully saturated rings. The molecule has 4 aromatic rings. The van der Waals surface area contributed by atoms with Crippen LogP contribution in [0, 0.1) is 12.7 Å². The van der Waals surface area contributed by atoms with E-state index in [9.17, 15) is 14.3 Å². The molecule has 9 nitrogen and oxygen atoms in total. The number of rotatable bonds is 3. The Hall–Kier alpha value is -4.02. The second-order valence-corrected chi connectivity index (χ2v) is 14.1. The van der Waals surface area contributed by atoms with Crippen LogP contribution in [-0.4, -0.2) is 62.7 Å². The van der Waals surface area contributed by atoms with Crippen LogP contribution in [0.4, 0.5) is 10.2 Å². The van der Waals surface area contributed by atoms with Crippen LogP contribution in [0.25, 0.3) is 28.0 Å². The van der Waals surface area contributed by atoms with Crippen LogP contribution in [0.5, 0.6) is 5.75 Å². The Balaban J connectivity index is 1.53. The molecule has 2 atom stereocenters. The third-order valence-corrected chi connectivity index (χ3v) is 9.08. The van der Waals surface area contributed by atoms with Gasteiger partial charge in [0.05, 0.1) is 28.6 Å². The number of aryl methyl sites for hydroxylation is 1. The smallest absolute Gasteiger partial charge is 0.337 e. The molecule has 0 radical (unpaired) electrons. The molecule has 10 heteroatoms. The van der Waals surface area contributed by atoms with Crippen LogP contribution < -0.4 is 9.64 Å². The van der Waals surface area contributed by atoms with Crippen molar-refractivity contribution in [2.45, 2.75) is 97.1 Å². The molecule has 0 aliphatic carbocycles. The lowest BCUT2D eigenvalue weighted by atomic mass is 9.92. The van der Waals surface area contributed by atoms with Crippen molar-refractivity contribution < 1.29 is 28.5 Å². The van der Waals surface area contributed by atoms with Gasteiger partial charge in [-0.1, -0.05) is 18.2 Å². The maximum atomic E-state index is 14.6. The minimum Gasteiger partial charge on any atom is -0.490 e. The first-order valence-electron chi connectivity index (χ1n) is 16.6. The summed E-state index contributed by atoms with van der Waals surface area (Å²) in [4.78, 5) is 19.9. The van der Waals surface area contributed by atoms with E-state index < -0.39 is 17.7 Å². The van der Waals surface area contributed by atoms with Gasteiger partial charge in [0, 0.05) is 42.6 Å². The van der Waals surface area contributed by atoms with Gasteiger partial charge in [0.25, 0.3) is 0 Å². The van der Waals surface area contributed by atoms with E-state index in [4.69, 9.17) is 24.3 Å². The predicted molar refractivity (Wildman–Crippen MR) is 180 cm³/mol. The second kappa shape index (κ2) is 12.9. The van der Waals surface area contributed by atoms with E-state index in [1.807, 2.05) is 65.0 Å². The Morgan fingerprint density at radius 2 is 1.85 bits per heavy atom. The minimum atomic E-state index is -1.25. The molecule has 2 aromatic heterocycles. The first kappa shape index (κ1) is 32.9. The van der Waals surface area contributed by atoms with Gasteiger partial charge in [0.15, 0.2) is 11.8 Å². The van der Waals surface area contributed by atoms with Crippen LogP contribution in [0.3, 0.4) is 0 Å². The molecule has 5 heterocycles. The van der Waals surface area contributed by atoms with Crippen LogP contribution in [0.15, 0.2) is 48.5 Å². The standard InChI is InChI=1S/C37H45FN4O5/c1-23-10-7-8-19-45-37(6)15-17-41(18-16-37)34-32(33(35(43)44)47-36(3,4)5)24(2)39-31-22-29(40-42(31)34)26-12-9-11-25(20-26)28-21-27(38)13-14-30(28)46-23/h9,11-14,20-23,33H,7-8,10,15-19H2,1-6H3,(H,43,44)/t23-,33+/m1/s1. The lowest BCUT2D eigenvalue weighted by Gasteiger charge is -2.41. The quantitative estimate of drug-likeness (QED) is 0.242. The average Bonchev–Trinajstić information content (AvgIpc) is 3.43. The fourth-order valence-electron chi connectivity index (χ4n) is 6.59. The third kappa shape index (κ3) is 7.13. The molecule has 0 saturated carbocycles. The Morgan fingerprint density at radius 1 is 1.11 bits per heavy atom. The van der Waals surface area contributed by atoms with E-state index in [0.717, 1.165) is 43.2 Å². The van der Waals surface area contributed by atoms with Gasteiger partial charge in [-0.05, 0) is 103 Å². The summed E-state index contributed by atoms with van der Waals surface area (Å²) in [6.45, 7) is 13.5. The molecular weight excluding hydrogens is 599 g/mol. The Labute approximate surface area is 275 Å². The number of hydrogen-bond acceptors (Lipinski definition) is 7. The van der Waals surface area contributed by atoms with Crippen molar-refractivity contribution in [3.05, 3.63) is 65.6 Å². The highest BCUT2D eigenvalue weighted by Gasteiger charge is 2.38. The summed E-state index contributed by atoms with van der Waals surface area (Å²) in [6, 6.07) is 14.3. The third-order valence-electron chi connectivity index (χ3n) is 9.08. The topological polar surface area (TPSA) is 98.4 Å². The van der Waals surface area contributed by atoms with E-state index in [1.165, 1.54) is 12.1 Å². The molecule has 250 valence electrons. The number of fused-ring (bicyclic) bond motifs is 8. The zero-order valence-corrected chi connectivity index (χ0v) is 28.2. The van der Waals surface area contributed by atoms with Crippen molar-refractivity contribution in [2.75, 3.05) is 24.6 Å². The number of carboxylic acid groups (broad SMARTS) is 1. The first-order valence-corrected chi connectivity index (χ1v) is 16.6. The van der Waals surface area contributed by atoms with Gasteiger partial charge in [0.2, 0.25) is 0 Å². The summed E-state index contributed by atoms with van der Waals surface area (Å²) in [5.41, 5.74) is 3.59. The van der Waals surface area contributed by atoms with Crippen LogP contribution >= 0.6 is 0 Å². The maximum Gasteiger partial charge on any atom is 0.337 e. The van der Waals surface area contributed by atoms with Gasteiger partial charge in [0.1, 0.15) is 17.4 Å². The number of carbonyl (C=O) groups is 1. The molecule has 2 aromatic carbocycles. The van der Waals surface area contributed by atoms with Crippen molar-refractivity contribution in [3.63, 3.8) is 0 Å². The van der Waals surface area contributed by atoms with E-state index in [2.05, 4.69) is 11.8 Å². The van der Waals surface area contributed by atoms with Crippen molar-refractivity contribution in [1.82, 2.24) is 14.6 Å². The highest BCUT2D eigenvalue weighted by molar-refractivity contribution is 5.80. The van der Waals surface area contributed by atoms with E-state index in [0.29, 0.717) is 59.4 Å². The molecule has 0 spiro atoms. The van der Waals surface area contributed by atoms with Gasteiger partial charge < -0.3 is 24.2 Å². The number of benzene rings is 2. The van der Waals surface area contributed by atoms with Gasteiger partial charge >= 0.3 is 5.97 Å². The van der Waals surface area contributed by atoms with Crippen molar-refractivity contribution in [3.8, 4) is 28.1 Å². The summed E-state index contributed by atoms with van der Waals surface area (Å²) in [5.74, 6) is -0.140. The Morgan fingerprint density at radius 3 is 2.57 bits per heavy atom. The molecule has 0 amide bonds. The summed E-state index contributed by atoms with van der Waals surface area (Å²) < 4.78 is 35.4. The highest BCUT2D eigenvalue weighted by atomic mass is 19.1. The van der Waals surface area contributed by atoms with Gasteiger partial charge in [-0.25, -0.2) is 14.2 Å². The average molecular weight is 645 g/mol. The Bertz CT molecular complexity index is 1770. The summed E-state index contributed by atoms with van der Waals surface area (Å²) in [5, 5.41) is 15.5. The van der Waals surface area contributed by atoms with Crippen molar-refractivity contribution >= 4 is 17.4 Å². The van der Waals surface area contributed by atoms with Crippen LogP contribution in [0.1, 0.15) is 84.1 Å². The lowest BCUT2D eigenvalue weighted by molar-refractivity contribution is -0.160. The van der Waals surface area contributed by atoms with E-state index in [1.54, 1.807) is 10.6 Å². The van der Waals surface area contributed by atoms with E-state index >= 15 is 0 Å². The number of halogens is 1. The molecule has 47 heavy (non-hydrogen) atoms. The van der Waals surface area contributed by atoms with Gasteiger partial charge in [-0.3, -0.25) is 0 Å². The van der Waals surface area contributed by atoms with Crippen molar-refractivity contribution in [1.29, 1.82) is 0 Å².